The first-order valence-corrected chi connectivity index (χ1v) is 7.89. The number of nitrogens with two attached hydrogens (primary N) is 1. The molecule has 3 rings (SSSR count). The molecule has 1 aromatic rings. The maximum atomic E-state index is 5.96. The molecule has 2 N–H and O–H groups in total. The molecule has 3 heteroatoms. The molecule has 1 aromatic heterocycles. The summed E-state index contributed by atoms with van der Waals surface area (Å²) in [5, 5.41) is 0. The molecule has 3 nitrogen and oxygen atoms in total. The third-order valence-electron chi connectivity index (χ3n) is 5.50. The van der Waals surface area contributed by atoms with Crippen molar-refractivity contribution < 1.29 is 0 Å². The third-order valence-corrected chi connectivity index (χ3v) is 5.50. The van der Waals surface area contributed by atoms with Gasteiger partial charge in [0.05, 0.1) is 6.33 Å². The maximum Gasteiger partial charge on any atom is 0.0948 e. The number of rotatable bonds is 5. The smallest absolute Gasteiger partial charge is 0.0948 e. The fourth-order valence-electron chi connectivity index (χ4n) is 4.38. The molecule has 4 atom stereocenters. The molecule has 0 aromatic carbocycles. The first kappa shape index (κ1) is 13.2. The third kappa shape index (κ3) is 2.45. The molecular weight excluding hydrogens is 234 g/mol. The number of fused-ring (bicyclic) bond motifs is 2. The lowest BCUT2D eigenvalue weighted by Gasteiger charge is -2.26. The second-order valence-corrected chi connectivity index (χ2v) is 6.99. The van der Waals surface area contributed by atoms with Crippen molar-refractivity contribution in [2.24, 2.45) is 29.4 Å². The van der Waals surface area contributed by atoms with Crippen LogP contribution in [0.2, 0.25) is 0 Å². The Kier molecular flexibility index (Phi) is 3.66. The molecule has 0 radical (unpaired) electrons. The first-order chi connectivity index (χ1) is 9.19. The van der Waals surface area contributed by atoms with Crippen molar-refractivity contribution in [3.63, 3.8) is 0 Å². The zero-order valence-electron chi connectivity index (χ0n) is 12.3. The molecule has 2 aliphatic rings. The van der Waals surface area contributed by atoms with Crippen LogP contribution in [0.3, 0.4) is 0 Å². The van der Waals surface area contributed by atoms with E-state index in [9.17, 15) is 0 Å². The van der Waals surface area contributed by atoms with Crippen molar-refractivity contribution >= 4 is 0 Å². The lowest BCUT2D eigenvalue weighted by Crippen LogP contribution is -2.24. The number of imidazole rings is 1. The maximum absolute atomic E-state index is 5.96. The minimum Gasteiger partial charge on any atom is -0.334 e. The Hall–Kier alpha value is -0.830. The predicted molar refractivity (Wildman–Crippen MR) is 77.8 cm³/mol. The minimum atomic E-state index is 0.445. The fourth-order valence-corrected chi connectivity index (χ4v) is 4.38. The molecule has 19 heavy (non-hydrogen) atoms. The SMILES string of the molecule is CC(C)C(CN)c1cncn1CC1CC2CCC1C2. The van der Waals surface area contributed by atoms with Gasteiger partial charge in [-0.25, -0.2) is 4.98 Å². The molecule has 2 bridgehead atoms. The summed E-state index contributed by atoms with van der Waals surface area (Å²) in [5.74, 6) is 3.92. The highest BCUT2D eigenvalue weighted by molar-refractivity contribution is 5.09. The highest BCUT2D eigenvalue weighted by atomic mass is 15.1. The summed E-state index contributed by atoms with van der Waals surface area (Å²) in [6, 6.07) is 0. The molecule has 2 aliphatic carbocycles. The van der Waals surface area contributed by atoms with Gasteiger partial charge in [0.15, 0.2) is 0 Å². The second kappa shape index (κ2) is 5.28. The van der Waals surface area contributed by atoms with Crippen LogP contribution in [-0.2, 0) is 6.54 Å². The lowest BCUT2D eigenvalue weighted by atomic mass is 9.88. The Morgan fingerprint density at radius 1 is 1.37 bits per heavy atom. The normalized spacial score (nSPS) is 31.3. The standard InChI is InChI=1S/C16H27N3/c1-11(2)15(7-17)16-8-18-10-19(16)9-14-6-12-3-4-13(14)5-12/h8,10-15H,3-7,9,17H2,1-2H3. The largest absolute Gasteiger partial charge is 0.334 e. The van der Waals surface area contributed by atoms with Crippen molar-refractivity contribution in [1.82, 2.24) is 9.55 Å². The summed E-state index contributed by atoms with van der Waals surface area (Å²) in [6.07, 6.45) is 9.92. The van der Waals surface area contributed by atoms with Gasteiger partial charge in [-0.05, 0) is 42.9 Å². The Labute approximate surface area is 116 Å². The predicted octanol–water partition coefficient (Wildman–Crippen LogP) is 3.02. The van der Waals surface area contributed by atoms with E-state index in [1.165, 1.54) is 37.9 Å². The van der Waals surface area contributed by atoms with E-state index in [1.807, 2.05) is 12.5 Å². The molecular formula is C16H27N3. The van der Waals surface area contributed by atoms with E-state index in [4.69, 9.17) is 5.73 Å². The Bertz CT molecular complexity index is 423. The van der Waals surface area contributed by atoms with Crippen molar-refractivity contribution in [3.05, 3.63) is 18.2 Å². The average molecular weight is 261 g/mol. The van der Waals surface area contributed by atoms with Crippen LogP contribution in [0.4, 0.5) is 0 Å². The Morgan fingerprint density at radius 2 is 2.21 bits per heavy atom. The van der Waals surface area contributed by atoms with Gasteiger partial charge in [-0.15, -0.1) is 0 Å². The van der Waals surface area contributed by atoms with Crippen molar-refractivity contribution in [2.75, 3.05) is 6.54 Å². The van der Waals surface area contributed by atoms with E-state index >= 15 is 0 Å². The summed E-state index contributed by atoms with van der Waals surface area (Å²) in [5.41, 5.74) is 7.31. The number of hydrogen-bond donors (Lipinski definition) is 1. The van der Waals surface area contributed by atoms with Crippen LogP contribution in [0.25, 0.3) is 0 Å². The van der Waals surface area contributed by atoms with E-state index < -0.39 is 0 Å². The number of hydrogen-bond acceptors (Lipinski definition) is 2. The van der Waals surface area contributed by atoms with Crippen LogP contribution in [-0.4, -0.2) is 16.1 Å². The van der Waals surface area contributed by atoms with E-state index in [-0.39, 0.29) is 0 Å². The number of nitrogens with zero attached hydrogens (tertiary/aromatic N) is 2. The van der Waals surface area contributed by atoms with Gasteiger partial charge in [-0.3, -0.25) is 0 Å². The van der Waals surface area contributed by atoms with Crippen LogP contribution >= 0.6 is 0 Å². The highest BCUT2D eigenvalue weighted by Crippen LogP contribution is 2.49. The van der Waals surface area contributed by atoms with Gasteiger partial charge >= 0.3 is 0 Å². The van der Waals surface area contributed by atoms with Gasteiger partial charge in [0.2, 0.25) is 0 Å². The van der Waals surface area contributed by atoms with Gasteiger partial charge in [0, 0.05) is 30.9 Å². The zero-order chi connectivity index (χ0) is 13.4. The summed E-state index contributed by atoms with van der Waals surface area (Å²) < 4.78 is 2.39. The van der Waals surface area contributed by atoms with Gasteiger partial charge in [0.25, 0.3) is 0 Å². The van der Waals surface area contributed by atoms with Gasteiger partial charge in [-0.1, -0.05) is 20.3 Å². The fraction of sp³-hybridized carbons (Fsp3) is 0.812. The molecule has 4 unspecified atom stereocenters. The molecule has 0 amide bonds. The topological polar surface area (TPSA) is 43.8 Å². The summed E-state index contributed by atoms with van der Waals surface area (Å²) in [4.78, 5) is 4.38. The average Bonchev–Trinajstić information content (AvgIpc) is 3.07. The van der Waals surface area contributed by atoms with Crippen molar-refractivity contribution in [2.45, 2.75) is 52.0 Å². The minimum absolute atomic E-state index is 0.445. The van der Waals surface area contributed by atoms with E-state index in [0.29, 0.717) is 11.8 Å². The first-order valence-electron chi connectivity index (χ1n) is 7.89. The monoisotopic (exact) mass is 261 g/mol. The molecule has 1 heterocycles. The summed E-state index contributed by atoms with van der Waals surface area (Å²) >= 11 is 0. The van der Waals surface area contributed by atoms with Gasteiger partial charge < -0.3 is 10.3 Å². The second-order valence-electron chi connectivity index (χ2n) is 6.99. The summed E-state index contributed by atoms with van der Waals surface area (Å²) in [6.45, 7) is 6.40. The molecule has 0 aliphatic heterocycles. The zero-order valence-corrected chi connectivity index (χ0v) is 12.3. The van der Waals surface area contributed by atoms with E-state index in [2.05, 4.69) is 23.4 Å². The molecule has 106 valence electrons. The quantitative estimate of drug-likeness (QED) is 0.885. The molecule has 2 fully saturated rings. The van der Waals surface area contributed by atoms with Crippen molar-refractivity contribution in [3.8, 4) is 0 Å². The van der Waals surface area contributed by atoms with Gasteiger partial charge in [-0.2, -0.15) is 0 Å². The molecule has 0 saturated heterocycles. The van der Waals surface area contributed by atoms with Gasteiger partial charge in [0.1, 0.15) is 0 Å². The van der Waals surface area contributed by atoms with Crippen LogP contribution < -0.4 is 5.73 Å². The van der Waals surface area contributed by atoms with E-state index in [0.717, 1.165) is 24.3 Å². The van der Waals surface area contributed by atoms with Crippen LogP contribution in [0.5, 0.6) is 0 Å². The van der Waals surface area contributed by atoms with E-state index in [1.54, 1.807) is 0 Å². The Balaban J connectivity index is 1.73. The van der Waals surface area contributed by atoms with Crippen LogP contribution in [0, 0.1) is 23.7 Å². The highest BCUT2D eigenvalue weighted by Gasteiger charge is 2.39. The van der Waals surface area contributed by atoms with Crippen LogP contribution in [0.1, 0.15) is 51.1 Å². The molecule has 2 saturated carbocycles. The van der Waals surface area contributed by atoms with Crippen LogP contribution in [0.15, 0.2) is 12.5 Å². The Morgan fingerprint density at radius 3 is 2.79 bits per heavy atom. The summed E-state index contributed by atoms with van der Waals surface area (Å²) in [7, 11) is 0. The molecule has 0 spiro atoms. The lowest BCUT2D eigenvalue weighted by molar-refractivity contribution is 0.289. The number of aromatic nitrogens is 2. The van der Waals surface area contributed by atoms with Crippen molar-refractivity contribution in [1.29, 1.82) is 0 Å².